The molecule has 0 bridgehead atoms. The first-order valence-corrected chi connectivity index (χ1v) is 12.8. The van der Waals surface area contributed by atoms with E-state index < -0.39 is 11.5 Å². The second-order valence-corrected chi connectivity index (χ2v) is 11.2. The van der Waals surface area contributed by atoms with Crippen LogP contribution in [0.4, 0.5) is 4.79 Å². The lowest BCUT2D eigenvalue weighted by atomic mass is 9.67. The van der Waals surface area contributed by atoms with Crippen LogP contribution in [0.5, 0.6) is 0 Å². The minimum Gasteiger partial charge on any atom is -0.388 e. The maximum Gasteiger partial charge on any atom is 0.321 e. The summed E-state index contributed by atoms with van der Waals surface area (Å²) >= 11 is 0. The highest BCUT2D eigenvalue weighted by Gasteiger charge is 2.56. The molecule has 2 aromatic rings. The molecule has 10 heteroatoms. The lowest BCUT2D eigenvalue weighted by Gasteiger charge is -2.52. The number of hydrogen-bond donors (Lipinski definition) is 2. The monoisotopic (exact) mass is 495 g/mol. The maximum absolute atomic E-state index is 13.8. The molecule has 36 heavy (non-hydrogen) atoms. The van der Waals surface area contributed by atoms with Gasteiger partial charge < -0.3 is 20.6 Å². The summed E-state index contributed by atoms with van der Waals surface area (Å²) in [6.45, 7) is 1.22. The fourth-order valence-corrected chi connectivity index (χ4v) is 6.42. The van der Waals surface area contributed by atoms with E-state index in [4.69, 9.17) is 5.73 Å². The fourth-order valence-electron chi connectivity index (χ4n) is 6.42. The topological polar surface area (TPSA) is 121 Å². The normalized spacial score (nSPS) is 27.6. The highest BCUT2D eigenvalue weighted by Crippen LogP contribution is 2.50. The molecule has 0 unspecified atom stereocenters. The molecule has 0 radical (unpaired) electrons. The molecule has 3 N–H and O–H groups in total. The van der Waals surface area contributed by atoms with Gasteiger partial charge in [0.15, 0.2) is 0 Å². The molecule has 10 nitrogen and oxygen atoms in total. The van der Waals surface area contributed by atoms with Gasteiger partial charge in [-0.05, 0) is 64.6 Å². The molecule has 3 amide bonds. The van der Waals surface area contributed by atoms with Gasteiger partial charge in [-0.3, -0.25) is 9.69 Å². The van der Waals surface area contributed by atoms with Crippen molar-refractivity contribution in [3.05, 3.63) is 47.8 Å². The van der Waals surface area contributed by atoms with Gasteiger partial charge >= 0.3 is 6.03 Å². The molecule has 0 atom stereocenters. The second kappa shape index (κ2) is 9.15. The summed E-state index contributed by atoms with van der Waals surface area (Å²) in [6.07, 6.45) is 7.69. The molecule has 2 heterocycles. The lowest BCUT2D eigenvalue weighted by molar-refractivity contribution is -0.118. The molecular weight excluding hydrogens is 458 g/mol. The summed E-state index contributed by atoms with van der Waals surface area (Å²) < 4.78 is 1.40. The van der Waals surface area contributed by atoms with E-state index in [1.807, 2.05) is 15.9 Å². The Hall–Kier alpha value is -2.98. The van der Waals surface area contributed by atoms with E-state index in [1.165, 1.54) is 10.2 Å². The van der Waals surface area contributed by atoms with Gasteiger partial charge in [0.2, 0.25) is 5.91 Å². The van der Waals surface area contributed by atoms with Gasteiger partial charge in [0.05, 0.1) is 30.4 Å². The highest BCUT2D eigenvalue weighted by molar-refractivity contribution is 5.78. The van der Waals surface area contributed by atoms with Crippen molar-refractivity contribution < 1.29 is 14.7 Å². The Balaban J connectivity index is 1.39. The number of carbonyl (C=O) groups excluding carboxylic acids is 2. The summed E-state index contributed by atoms with van der Waals surface area (Å²) in [7, 11) is 4.28. The van der Waals surface area contributed by atoms with E-state index in [1.54, 1.807) is 6.20 Å². The summed E-state index contributed by atoms with van der Waals surface area (Å²) in [5.41, 5.74) is 5.98. The minimum atomic E-state index is -0.793. The van der Waals surface area contributed by atoms with Gasteiger partial charge in [-0.25, -0.2) is 9.48 Å². The SMILES string of the molecule is CN(C)C1(c2ccccc2)CCC2(CC1)CN(Cc1cn(CC(N)=O)nn1)C(=O)N2CC1(O)CCC1. The third kappa shape index (κ3) is 4.37. The molecule has 1 spiro atoms. The van der Waals surface area contributed by atoms with E-state index in [0.717, 1.165) is 44.9 Å². The average molecular weight is 496 g/mol. The predicted molar refractivity (Wildman–Crippen MR) is 134 cm³/mol. The van der Waals surface area contributed by atoms with E-state index in [9.17, 15) is 14.7 Å². The molecule has 1 saturated heterocycles. The molecule has 3 fully saturated rings. The Morgan fingerprint density at radius 1 is 1.11 bits per heavy atom. The van der Waals surface area contributed by atoms with Crippen LogP contribution in [0.25, 0.3) is 0 Å². The zero-order valence-electron chi connectivity index (χ0n) is 21.3. The predicted octanol–water partition coefficient (Wildman–Crippen LogP) is 1.69. The van der Waals surface area contributed by atoms with Crippen LogP contribution >= 0.6 is 0 Å². The van der Waals surface area contributed by atoms with Gasteiger partial charge in [0.1, 0.15) is 12.2 Å². The first-order valence-electron chi connectivity index (χ1n) is 12.8. The Labute approximate surface area is 212 Å². The van der Waals surface area contributed by atoms with Crippen LogP contribution in [0.15, 0.2) is 36.5 Å². The molecule has 2 saturated carbocycles. The van der Waals surface area contributed by atoms with Gasteiger partial charge in [-0.15, -0.1) is 5.10 Å². The quantitative estimate of drug-likeness (QED) is 0.575. The molecule has 1 aromatic carbocycles. The Bertz CT molecular complexity index is 1100. The Morgan fingerprint density at radius 2 is 1.81 bits per heavy atom. The average Bonchev–Trinajstić information content (AvgIpc) is 3.36. The summed E-state index contributed by atoms with van der Waals surface area (Å²) in [4.78, 5) is 31.1. The lowest BCUT2D eigenvalue weighted by Crippen LogP contribution is -2.59. The number of nitrogens with zero attached hydrogens (tertiary/aromatic N) is 6. The van der Waals surface area contributed by atoms with Crippen LogP contribution < -0.4 is 5.73 Å². The third-order valence-corrected chi connectivity index (χ3v) is 8.73. The van der Waals surface area contributed by atoms with Crippen LogP contribution in [-0.4, -0.2) is 85.1 Å². The molecule has 3 aliphatic rings. The van der Waals surface area contributed by atoms with Crippen molar-refractivity contribution in [2.45, 2.75) is 74.7 Å². The Morgan fingerprint density at radius 3 is 2.39 bits per heavy atom. The number of amides is 3. The van der Waals surface area contributed by atoms with Crippen molar-refractivity contribution in [3.63, 3.8) is 0 Å². The number of carbonyl (C=O) groups is 2. The minimum absolute atomic E-state index is 0.0455. The van der Waals surface area contributed by atoms with Crippen LogP contribution in [0, 0.1) is 0 Å². The Kier molecular flexibility index (Phi) is 6.28. The first kappa shape index (κ1) is 24.7. The number of urea groups is 1. The third-order valence-electron chi connectivity index (χ3n) is 8.73. The van der Waals surface area contributed by atoms with Gasteiger partial charge in [0.25, 0.3) is 0 Å². The summed E-state index contributed by atoms with van der Waals surface area (Å²) in [5.74, 6) is -0.493. The number of aliphatic hydroxyl groups is 1. The zero-order valence-corrected chi connectivity index (χ0v) is 21.3. The summed E-state index contributed by atoms with van der Waals surface area (Å²) in [5, 5.41) is 19.2. The maximum atomic E-state index is 13.8. The van der Waals surface area contributed by atoms with Crippen LogP contribution in [0.1, 0.15) is 56.2 Å². The largest absolute Gasteiger partial charge is 0.388 e. The van der Waals surface area contributed by atoms with Crippen molar-refractivity contribution in [2.75, 3.05) is 27.2 Å². The van der Waals surface area contributed by atoms with Gasteiger partial charge in [-0.2, -0.15) is 0 Å². The number of rotatable bonds is 8. The van der Waals surface area contributed by atoms with Crippen molar-refractivity contribution in [1.82, 2.24) is 29.7 Å². The van der Waals surface area contributed by atoms with Crippen LogP contribution in [0.3, 0.4) is 0 Å². The standard InChI is InChI=1S/C26H37N7O3/c1-30(2)26(20-7-4-3-5-8-20)13-11-24(12-14-26)18-31(15-21-16-32(29-28-21)17-22(27)34)23(35)33(24)19-25(36)9-6-10-25/h3-5,7-8,16,36H,6,9-15,17-19H2,1-2H3,(H2,27,34). The smallest absolute Gasteiger partial charge is 0.321 e. The van der Waals surface area contributed by atoms with Crippen molar-refractivity contribution >= 4 is 11.9 Å². The van der Waals surface area contributed by atoms with E-state index in [-0.39, 0.29) is 23.7 Å². The number of benzene rings is 1. The number of hydrogen-bond acceptors (Lipinski definition) is 6. The van der Waals surface area contributed by atoms with E-state index in [0.29, 0.717) is 25.3 Å². The number of aromatic nitrogens is 3. The van der Waals surface area contributed by atoms with Crippen molar-refractivity contribution in [1.29, 1.82) is 0 Å². The molecule has 1 aromatic heterocycles. The van der Waals surface area contributed by atoms with Gasteiger partial charge in [0, 0.05) is 12.1 Å². The van der Waals surface area contributed by atoms with Crippen LogP contribution in [-0.2, 0) is 23.4 Å². The highest BCUT2D eigenvalue weighted by atomic mass is 16.3. The fraction of sp³-hybridized carbons (Fsp3) is 0.615. The number of nitrogens with two attached hydrogens (primary N) is 1. The summed E-state index contributed by atoms with van der Waals surface area (Å²) in [6, 6.07) is 10.6. The number of primary amides is 1. The zero-order chi connectivity index (χ0) is 25.6. The molecular formula is C26H37N7O3. The van der Waals surface area contributed by atoms with Gasteiger partial charge in [-0.1, -0.05) is 35.5 Å². The second-order valence-electron chi connectivity index (χ2n) is 11.2. The van der Waals surface area contributed by atoms with E-state index >= 15 is 0 Å². The van der Waals surface area contributed by atoms with Crippen molar-refractivity contribution in [3.8, 4) is 0 Å². The molecule has 5 rings (SSSR count). The molecule has 1 aliphatic heterocycles. The van der Waals surface area contributed by atoms with E-state index in [2.05, 4.69) is 53.6 Å². The first-order chi connectivity index (χ1) is 17.1. The molecule has 2 aliphatic carbocycles. The number of β-amino-alcohol motifs (C(OH)–C–C–N with tert-alkyl or cyclic N) is 1. The molecule has 194 valence electrons. The van der Waals surface area contributed by atoms with Crippen LogP contribution in [0.2, 0.25) is 0 Å². The van der Waals surface area contributed by atoms with Crippen molar-refractivity contribution in [2.24, 2.45) is 5.73 Å².